The highest BCUT2D eigenvalue weighted by Crippen LogP contribution is 2.28. The maximum Gasteiger partial charge on any atom is 0.279 e. The number of halogens is 1. The molecule has 27 heavy (non-hydrogen) atoms. The van der Waals surface area contributed by atoms with E-state index in [0.29, 0.717) is 9.75 Å². The van der Waals surface area contributed by atoms with Crippen molar-refractivity contribution in [1.29, 1.82) is 0 Å². The molecule has 2 aromatic heterocycles. The number of fused-ring (bicyclic) bond motifs is 1. The van der Waals surface area contributed by atoms with E-state index in [9.17, 15) is 14.4 Å². The normalized spacial score (nSPS) is 13.8. The van der Waals surface area contributed by atoms with Gasteiger partial charge in [-0.1, -0.05) is 12.8 Å². The fourth-order valence-corrected chi connectivity index (χ4v) is 5.32. The highest BCUT2D eigenvalue weighted by molar-refractivity contribution is 9.11. The highest BCUT2D eigenvalue weighted by Gasteiger charge is 2.17. The molecule has 3 amide bonds. The van der Waals surface area contributed by atoms with Crippen LogP contribution in [0, 0.1) is 0 Å². The maximum absolute atomic E-state index is 12.3. The minimum Gasteiger partial charge on any atom is -0.342 e. The van der Waals surface area contributed by atoms with Gasteiger partial charge in [0.05, 0.1) is 20.1 Å². The van der Waals surface area contributed by atoms with Crippen LogP contribution in [0.3, 0.4) is 0 Å². The summed E-state index contributed by atoms with van der Waals surface area (Å²) < 4.78 is 0.842. The van der Waals surface area contributed by atoms with Gasteiger partial charge in [-0.2, -0.15) is 0 Å². The monoisotopic (exact) mass is 469 g/mol. The van der Waals surface area contributed by atoms with E-state index in [-0.39, 0.29) is 18.4 Å². The van der Waals surface area contributed by atoms with Crippen LogP contribution in [0.1, 0.15) is 55.5 Å². The molecular formula is C18H20BrN3O3S2. The molecule has 0 saturated carbocycles. The van der Waals surface area contributed by atoms with E-state index < -0.39 is 5.91 Å². The molecule has 0 aromatic carbocycles. The lowest BCUT2D eigenvalue weighted by molar-refractivity contribution is -0.120. The number of amides is 3. The molecule has 0 unspecified atom stereocenters. The largest absolute Gasteiger partial charge is 0.342 e. The Kier molecular flexibility index (Phi) is 7.03. The SMILES string of the molecule is O=C(CNC(=O)c1ccc(Br)s1)NNC(=O)c1cc2c(s1)CCCCCC2. The molecule has 3 rings (SSSR count). The molecule has 0 bridgehead atoms. The highest BCUT2D eigenvalue weighted by atomic mass is 79.9. The molecule has 2 aromatic rings. The fourth-order valence-electron chi connectivity index (χ4n) is 2.87. The summed E-state index contributed by atoms with van der Waals surface area (Å²) in [5.41, 5.74) is 6.02. The Morgan fingerprint density at radius 3 is 2.44 bits per heavy atom. The lowest BCUT2D eigenvalue weighted by Crippen LogP contribution is -2.46. The van der Waals surface area contributed by atoms with E-state index in [1.165, 1.54) is 46.0 Å². The van der Waals surface area contributed by atoms with Crippen LogP contribution in [-0.2, 0) is 17.6 Å². The summed E-state index contributed by atoms with van der Waals surface area (Å²) in [4.78, 5) is 38.5. The van der Waals surface area contributed by atoms with E-state index in [4.69, 9.17) is 0 Å². The molecule has 0 fully saturated rings. The topological polar surface area (TPSA) is 87.3 Å². The van der Waals surface area contributed by atoms with Crippen LogP contribution in [0.4, 0.5) is 0 Å². The maximum atomic E-state index is 12.3. The van der Waals surface area contributed by atoms with E-state index in [1.54, 1.807) is 12.1 Å². The number of hydrogen-bond acceptors (Lipinski definition) is 5. The first-order chi connectivity index (χ1) is 13.0. The van der Waals surface area contributed by atoms with Crippen molar-refractivity contribution >= 4 is 56.3 Å². The Morgan fingerprint density at radius 2 is 1.70 bits per heavy atom. The lowest BCUT2D eigenvalue weighted by atomic mass is 10.00. The van der Waals surface area contributed by atoms with Crippen molar-refractivity contribution in [3.05, 3.63) is 42.2 Å². The van der Waals surface area contributed by atoms with Gasteiger partial charge >= 0.3 is 0 Å². The van der Waals surface area contributed by atoms with Gasteiger partial charge in [-0.25, -0.2) is 0 Å². The van der Waals surface area contributed by atoms with Crippen molar-refractivity contribution in [3.8, 4) is 0 Å². The van der Waals surface area contributed by atoms with Crippen LogP contribution >= 0.6 is 38.6 Å². The fraction of sp³-hybridized carbons (Fsp3) is 0.389. The van der Waals surface area contributed by atoms with Gasteiger partial charge in [0.25, 0.3) is 17.7 Å². The Labute approximate surface area is 173 Å². The number of hydrogen-bond donors (Lipinski definition) is 3. The van der Waals surface area contributed by atoms with Crippen LogP contribution in [0.5, 0.6) is 0 Å². The smallest absolute Gasteiger partial charge is 0.279 e. The number of hydrazine groups is 1. The third-order valence-corrected chi connectivity index (χ3v) is 7.10. The van der Waals surface area contributed by atoms with Crippen molar-refractivity contribution in [3.63, 3.8) is 0 Å². The van der Waals surface area contributed by atoms with Gasteiger partial charge in [-0.15, -0.1) is 22.7 Å². The predicted molar refractivity (Wildman–Crippen MR) is 110 cm³/mol. The Hall–Kier alpha value is -1.71. The summed E-state index contributed by atoms with van der Waals surface area (Å²) in [5, 5.41) is 2.52. The molecule has 6 nitrogen and oxygen atoms in total. The van der Waals surface area contributed by atoms with E-state index >= 15 is 0 Å². The molecule has 2 heterocycles. The van der Waals surface area contributed by atoms with Gasteiger partial charge in [-0.05, 0) is 65.4 Å². The molecule has 0 atom stereocenters. The summed E-state index contributed by atoms with van der Waals surface area (Å²) in [6.07, 6.45) is 6.82. The van der Waals surface area contributed by atoms with Crippen molar-refractivity contribution in [2.45, 2.75) is 38.5 Å². The quantitative estimate of drug-likeness (QED) is 0.599. The van der Waals surface area contributed by atoms with Gasteiger partial charge in [-0.3, -0.25) is 25.2 Å². The van der Waals surface area contributed by atoms with E-state index in [0.717, 1.165) is 29.5 Å². The second-order valence-corrected chi connectivity index (χ2v) is 9.86. The second-order valence-electron chi connectivity index (χ2n) is 6.26. The van der Waals surface area contributed by atoms with E-state index in [2.05, 4.69) is 32.1 Å². The minimum absolute atomic E-state index is 0.213. The average molecular weight is 470 g/mol. The van der Waals surface area contributed by atoms with Crippen LogP contribution in [0.2, 0.25) is 0 Å². The third kappa shape index (κ3) is 5.63. The second kappa shape index (κ2) is 9.48. The summed E-state index contributed by atoms with van der Waals surface area (Å²) in [6.45, 7) is -0.213. The van der Waals surface area contributed by atoms with Crippen LogP contribution in [0.15, 0.2) is 22.0 Å². The molecule has 3 N–H and O–H groups in total. The molecule has 1 aliphatic rings. The number of carbonyl (C=O) groups is 3. The zero-order valence-electron chi connectivity index (χ0n) is 14.6. The molecule has 0 saturated heterocycles. The summed E-state index contributed by atoms with van der Waals surface area (Å²) in [6, 6.07) is 5.38. The molecule has 0 spiro atoms. The van der Waals surface area contributed by atoms with Gasteiger partial charge in [0, 0.05) is 4.88 Å². The molecule has 144 valence electrons. The molecule has 9 heteroatoms. The van der Waals surface area contributed by atoms with Crippen molar-refractivity contribution in [2.24, 2.45) is 0 Å². The Balaban J connectivity index is 1.46. The van der Waals surface area contributed by atoms with E-state index in [1.807, 2.05) is 6.07 Å². The number of nitrogens with one attached hydrogen (secondary N) is 3. The molecule has 1 aliphatic carbocycles. The summed E-state index contributed by atoms with van der Waals surface area (Å²) >= 11 is 6.07. The molecule has 0 aliphatic heterocycles. The Bertz CT molecular complexity index is 821. The van der Waals surface area contributed by atoms with Gasteiger partial charge < -0.3 is 5.32 Å². The zero-order chi connectivity index (χ0) is 19.2. The first-order valence-corrected chi connectivity index (χ1v) is 11.2. The van der Waals surface area contributed by atoms with Gasteiger partial charge in [0.1, 0.15) is 0 Å². The first-order valence-electron chi connectivity index (χ1n) is 8.77. The third-order valence-electron chi connectivity index (χ3n) is 4.24. The van der Waals surface area contributed by atoms with Crippen molar-refractivity contribution in [1.82, 2.24) is 16.2 Å². The van der Waals surface area contributed by atoms with Crippen LogP contribution < -0.4 is 16.2 Å². The average Bonchev–Trinajstić information content (AvgIpc) is 3.24. The number of aryl methyl sites for hydroxylation is 2. The molecule has 0 radical (unpaired) electrons. The zero-order valence-corrected chi connectivity index (χ0v) is 17.8. The minimum atomic E-state index is -0.484. The number of rotatable bonds is 4. The van der Waals surface area contributed by atoms with Gasteiger partial charge in [0.15, 0.2) is 0 Å². The summed E-state index contributed by atoms with van der Waals surface area (Å²) in [7, 11) is 0. The van der Waals surface area contributed by atoms with Crippen molar-refractivity contribution < 1.29 is 14.4 Å². The lowest BCUT2D eigenvalue weighted by Gasteiger charge is -2.07. The van der Waals surface area contributed by atoms with Crippen LogP contribution in [-0.4, -0.2) is 24.3 Å². The number of carbonyl (C=O) groups excluding carboxylic acids is 3. The Morgan fingerprint density at radius 1 is 0.926 bits per heavy atom. The first kappa shape index (κ1) is 20.0. The number of thiophene rings is 2. The predicted octanol–water partition coefficient (Wildman–Crippen LogP) is 3.42. The van der Waals surface area contributed by atoms with Crippen LogP contribution in [0.25, 0.3) is 0 Å². The standard InChI is InChI=1S/C18H20BrN3O3S2/c19-15-8-7-13(27-15)17(24)20-10-16(23)21-22-18(25)14-9-11-5-3-1-2-4-6-12(11)26-14/h7-9H,1-6,10H2,(H,20,24)(H,21,23)(H,22,25). The van der Waals surface area contributed by atoms with Crippen molar-refractivity contribution in [2.75, 3.05) is 6.54 Å². The molecular weight excluding hydrogens is 450 g/mol. The van der Waals surface area contributed by atoms with Gasteiger partial charge in [0.2, 0.25) is 0 Å². The summed E-state index contributed by atoms with van der Waals surface area (Å²) in [5.74, 6) is -1.14.